The number of nitrogens with zero attached hydrogens (tertiary/aromatic N) is 4. The Bertz CT molecular complexity index is 812. The van der Waals surface area contributed by atoms with Crippen molar-refractivity contribution in [2.24, 2.45) is 0 Å². The first-order valence-electron chi connectivity index (χ1n) is 7.41. The summed E-state index contributed by atoms with van der Waals surface area (Å²) in [6, 6.07) is 1.63. The zero-order chi connectivity index (χ0) is 16.6. The summed E-state index contributed by atoms with van der Waals surface area (Å²) in [5.74, 6) is 0.282. The normalized spacial score (nSPS) is 13.2. The van der Waals surface area contributed by atoms with Crippen LogP contribution in [0.4, 0.5) is 0 Å². The summed E-state index contributed by atoms with van der Waals surface area (Å²) >= 11 is 1.56. The monoisotopic (exact) mass is 329 g/mol. The molecule has 1 unspecified atom stereocenters. The molecule has 0 radical (unpaired) electrons. The Balaban J connectivity index is 1.75. The van der Waals surface area contributed by atoms with Crippen LogP contribution in [0.15, 0.2) is 30.0 Å². The molecule has 23 heavy (non-hydrogen) atoms. The number of hydrogen-bond donors (Lipinski definition) is 1. The molecule has 1 amide bonds. The molecular weight excluding hydrogens is 310 g/mol. The number of hydrogen-bond acceptors (Lipinski definition) is 5. The maximum Gasteiger partial charge on any atom is 0.272 e. The molecule has 0 fully saturated rings. The largest absolute Gasteiger partial charge is 0.342 e. The van der Waals surface area contributed by atoms with Crippen molar-refractivity contribution in [3.05, 3.63) is 46.4 Å². The second kappa shape index (κ2) is 5.73. The van der Waals surface area contributed by atoms with Crippen LogP contribution in [0.2, 0.25) is 0 Å². The van der Waals surface area contributed by atoms with Crippen molar-refractivity contribution in [1.29, 1.82) is 0 Å². The average molecular weight is 329 g/mol. The number of thiazole rings is 1. The number of fused-ring (bicyclic) bond motifs is 1. The Morgan fingerprint density at radius 2 is 2.13 bits per heavy atom. The van der Waals surface area contributed by atoms with E-state index < -0.39 is 0 Å². The van der Waals surface area contributed by atoms with Gasteiger partial charge in [0.15, 0.2) is 0 Å². The highest BCUT2D eigenvalue weighted by Gasteiger charge is 2.21. The number of imidazole rings is 1. The lowest BCUT2D eigenvalue weighted by molar-refractivity contribution is 0.0935. The third-order valence-corrected chi connectivity index (χ3v) is 4.50. The van der Waals surface area contributed by atoms with Gasteiger partial charge in [-0.3, -0.25) is 9.20 Å². The molecule has 0 saturated carbocycles. The van der Waals surface area contributed by atoms with Crippen molar-refractivity contribution in [3.8, 4) is 0 Å². The molecule has 6 nitrogen and oxygen atoms in total. The maximum atomic E-state index is 12.4. The third-order valence-electron chi connectivity index (χ3n) is 3.48. The van der Waals surface area contributed by atoms with E-state index in [1.807, 2.05) is 18.5 Å². The summed E-state index contributed by atoms with van der Waals surface area (Å²) in [6.45, 7) is 8.30. The van der Waals surface area contributed by atoms with Crippen LogP contribution in [0.5, 0.6) is 0 Å². The number of aromatic nitrogens is 4. The van der Waals surface area contributed by atoms with E-state index >= 15 is 0 Å². The lowest BCUT2D eigenvalue weighted by atomic mass is 9.93. The van der Waals surface area contributed by atoms with Gasteiger partial charge < -0.3 is 5.32 Å². The average Bonchev–Trinajstić information content (AvgIpc) is 3.13. The molecule has 3 rings (SSSR count). The number of carbonyl (C=O) groups is 1. The minimum Gasteiger partial charge on any atom is -0.342 e. The molecule has 1 N–H and O–H groups in total. The van der Waals surface area contributed by atoms with E-state index in [0.717, 1.165) is 10.7 Å². The Morgan fingerprint density at radius 3 is 2.78 bits per heavy atom. The van der Waals surface area contributed by atoms with E-state index in [0.29, 0.717) is 11.5 Å². The van der Waals surface area contributed by atoms with Crippen LogP contribution in [0.3, 0.4) is 0 Å². The van der Waals surface area contributed by atoms with Gasteiger partial charge in [0, 0.05) is 29.4 Å². The minimum atomic E-state index is -0.226. The molecule has 0 aliphatic rings. The van der Waals surface area contributed by atoms with Crippen LogP contribution < -0.4 is 5.32 Å². The molecule has 0 spiro atoms. The van der Waals surface area contributed by atoms with Crippen LogP contribution in [-0.4, -0.2) is 25.3 Å². The van der Waals surface area contributed by atoms with Gasteiger partial charge in [0.05, 0.1) is 11.7 Å². The molecule has 120 valence electrons. The van der Waals surface area contributed by atoms with Crippen LogP contribution >= 0.6 is 11.3 Å². The predicted octanol–water partition coefficient (Wildman–Crippen LogP) is 2.97. The molecular formula is C16H19N5OS. The molecule has 3 aromatic rings. The van der Waals surface area contributed by atoms with Crippen molar-refractivity contribution in [2.75, 3.05) is 0 Å². The number of rotatable bonds is 3. The van der Waals surface area contributed by atoms with Gasteiger partial charge in [-0.25, -0.2) is 15.0 Å². The SMILES string of the molecule is CC(NC(=O)c1cn2cccnc2n1)c1nc(C(C)(C)C)cs1. The smallest absolute Gasteiger partial charge is 0.272 e. The van der Waals surface area contributed by atoms with Crippen molar-refractivity contribution in [1.82, 2.24) is 24.7 Å². The lowest BCUT2D eigenvalue weighted by Gasteiger charge is -2.15. The molecule has 0 aromatic carbocycles. The highest BCUT2D eigenvalue weighted by Crippen LogP contribution is 2.26. The lowest BCUT2D eigenvalue weighted by Crippen LogP contribution is -2.27. The Labute approximate surface area is 138 Å². The molecule has 7 heteroatoms. The Kier molecular flexibility index (Phi) is 3.89. The summed E-state index contributed by atoms with van der Waals surface area (Å²) in [6.07, 6.45) is 5.13. The zero-order valence-electron chi connectivity index (χ0n) is 13.6. The van der Waals surface area contributed by atoms with Gasteiger partial charge in [0.2, 0.25) is 5.78 Å². The summed E-state index contributed by atoms with van der Waals surface area (Å²) in [7, 11) is 0. The quantitative estimate of drug-likeness (QED) is 0.802. The first-order valence-corrected chi connectivity index (χ1v) is 8.29. The van der Waals surface area contributed by atoms with Gasteiger partial charge in [-0.05, 0) is 13.0 Å². The van der Waals surface area contributed by atoms with E-state index in [-0.39, 0.29) is 17.4 Å². The van der Waals surface area contributed by atoms with Crippen LogP contribution in [0, 0.1) is 0 Å². The molecule has 3 aromatic heterocycles. The molecule has 0 aliphatic heterocycles. The van der Waals surface area contributed by atoms with Crippen molar-refractivity contribution < 1.29 is 4.79 Å². The van der Waals surface area contributed by atoms with Gasteiger partial charge in [-0.2, -0.15) is 0 Å². The van der Waals surface area contributed by atoms with E-state index in [4.69, 9.17) is 0 Å². The molecule has 0 aliphatic carbocycles. The van der Waals surface area contributed by atoms with Gasteiger partial charge in [0.1, 0.15) is 10.7 Å². The van der Waals surface area contributed by atoms with Crippen LogP contribution in [-0.2, 0) is 5.41 Å². The van der Waals surface area contributed by atoms with Gasteiger partial charge in [0.25, 0.3) is 5.91 Å². The van der Waals surface area contributed by atoms with Crippen molar-refractivity contribution in [2.45, 2.75) is 39.2 Å². The zero-order valence-corrected chi connectivity index (χ0v) is 14.4. The number of amides is 1. The summed E-state index contributed by atoms with van der Waals surface area (Å²) in [5, 5.41) is 5.89. The van der Waals surface area contributed by atoms with Crippen LogP contribution in [0.1, 0.15) is 54.9 Å². The van der Waals surface area contributed by atoms with E-state index in [1.165, 1.54) is 0 Å². The summed E-state index contributed by atoms with van der Waals surface area (Å²) in [5.41, 5.74) is 1.39. The second-order valence-electron chi connectivity index (χ2n) is 6.47. The molecule has 0 saturated heterocycles. The van der Waals surface area contributed by atoms with E-state index in [1.54, 1.807) is 34.2 Å². The molecule has 0 bridgehead atoms. The van der Waals surface area contributed by atoms with Crippen LogP contribution in [0.25, 0.3) is 5.78 Å². The first kappa shape index (κ1) is 15.6. The van der Waals surface area contributed by atoms with Gasteiger partial charge >= 0.3 is 0 Å². The summed E-state index contributed by atoms with van der Waals surface area (Å²) in [4.78, 5) is 25.3. The summed E-state index contributed by atoms with van der Waals surface area (Å²) < 4.78 is 1.72. The first-order chi connectivity index (χ1) is 10.8. The highest BCUT2D eigenvalue weighted by atomic mass is 32.1. The van der Waals surface area contributed by atoms with E-state index in [2.05, 4.69) is 41.0 Å². The predicted molar refractivity (Wildman–Crippen MR) is 89.7 cm³/mol. The number of carbonyl (C=O) groups excluding carboxylic acids is 1. The highest BCUT2D eigenvalue weighted by molar-refractivity contribution is 7.09. The van der Waals surface area contributed by atoms with Gasteiger partial charge in [-0.15, -0.1) is 11.3 Å². The standard InChI is InChI=1S/C16H19N5OS/c1-10(14-20-12(9-23-14)16(2,3)4)18-13(22)11-8-21-7-5-6-17-15(21)19-11/h5-10H,1-4H3,(H,18,22). The molecule has 3 heterocycles. The van der Waals surface area contributed by atoms with Crippen molar-refractivity contribution in [3.63, 3.8) is 0 Å². The third kappa shape index (κ3) is 3.24. The fourth-order valence-electron chi connectivity index (χ4n) is 2.10. The Morgan fingerprint density at radius 1 is 1.35 bits per heavy atom. The second-order valence-corrected chi connectivity index (χ2v) is 7.36. The molecule has 1 atom stereocenters. The van der Waals surface area contributed by atoms with Crippen molar-refractivity contribution >= 4 is 23.0 Å². The maximum absolute atomic E-state index is 12.4. The Hall–Kier alpha value is -2.28. The fraction of sp³-hybridized carbons (Fsp3) is 0.375. The van der Waals surface area contributed by atoms with E-state index in [9.17, 15) is 4.79 Å². The topological polar surface area (TPSA) is 72.2 Å². The number of nitrogens with one attached hydrogen (secondary N) is 1. The van der Waals surface area contributed by atoms with Gasteiger partial charge in [-0.1, -0.05) is 20.8 Å². The minimum absolute atomic E-state index is 0.00570. The fourth-order valence-corrected chi connectivity index (χ4v) is 3.16.